The normalized spacial score (nSPS) is 9.84. The van der Waals surface area contributed by atoms with Crippen molar-refractivity contribution in [2.45, 2.75) is 19.8 Å². The summed E-state index contributed by atoms with van der Waals surface area (Å²) in [4.78, 5) is 14.6. The van der Waals surface area contributed by atoms with E-state index in [0.29, 0.717) is 23.5 Å². The minimum Gasteiger partial charge on any atom is -0.395 e. The molecule has 1 heterocycles. The van der Waals surface area contributed by atoms with Crippen LogP contribution in [0, 0.1) is 11.8 Å². The number of amides is 1. The first-order valence-electron chi connectivity index (χ1n) is 6.32. The largest absolute Gasteiger partial charge is 0.395 e. The Hall–Kier alpha value is -1.35. The second-order valence-electron chi connectivity index (χ2n) is 3.99. The van der Waals surface area contributed by atoms with Gasteiger partial charge in [-0.25, -0.2) is 0 Å². The van der Waals surface area contributed by atoms with Crippen molar-refractivity contribution in [2.24, 2.45) is 0 Å². The van der Waals surface area contributed by atoms with Crippen LogP contribution in [0.5, 0.6) is 0 Å². The number of hydrogen-bond donors (Lipinski definition) is 2. The lowest BCUT2D eigenvalue weighted by molar-refractivity contribution is 0.0724. The van der Waals surface area contributed by atoms with Crippen LogP contribution in [0.15, 0.2) is 11.4 Å². The van der Waals surface area contributed by atoms with Crippen molar-refractivity contribution in [1.29, 1.82) is 0 Å². The van der Waals surface area contributed by atoms with Crippen LogP contribution in [-0.4, -0.2) is 47.3 Å². The first kappa shape index (κ1) is 15.7. The molecule has 1 amide bonds. The third kappa shape index (κ3) is 4.67. The minimum atomic E-state index is -0.223. The number of carbonyl (C=O) groups is 1. The van der Waals surface area contributed by atoms with Crippen molar-refractivity contribution in [1.82, 2.24) is 4.90 Å². The van der Waals surface area contributed by atoms with Gasteiger partial charge in [-0.3, -0.25) is 4.79 Å². The first-order chi connectivity index (χ1) is 9.24. The number of aliphatic hydroxyl groups is 2. The van der Waals surface area contributed by atoms with E-state index in [2.05, 4.69) is 18.8 Å². The molecule has 0 bridgehead atoms. The van der Waals surface area contributed by atoms with Gasteiger partial charge in [0.25, 0.3) is 5.91 Å². The second-order valence-corrected chi connectivity index (χ2v) is 4.91. The van der Waals surface area contributed by atoms with E-state index in [0.717, 1.165) is 12.8 Å². The molecule has 1 rings (SSSR count). The lowest BCUT2D eigenvalue weighted by Gasteiger charge is -2.21. The molecule has 1 aromatic heterocycles. The van der Waals surface area contributed by atoms with E-state index >= 15 is 0 Å². The van der Waals surface area contributed by atoms with Gasteiger partial charge in [0, 0.05) is 18.7 Å². The van der Waals surface area contributed by atoms with Crippen LogP contribution in [0.4, 0.5) is 0 Å². The topological polar surface area (TPSA) is 60.8 Å². The Morgan fingerprint density at radius 3 is 2.84 bits per heavy atom. The Morgan fingerprint density at radius 1 is 1.42 bits per heavy atom. The summed E-state index contributed by atoms with van der Waals surface area (Å²) in [6.07, 6.45) is 1.91. The van der Waals surface area contributed by atoms with Crippen molar-refractivity contribution in [3.05, 3.63) is 21.9 Å². The third-order valence-corrected chi connectivity index (χ3v) is 3.50. The quantitative estimate of drug-likeness (QED) is 0.773. The zero-order chi connectivity index (χ0) is 14.1. The fourth-order valence-corrected chi connectivity index (χ4v) is 2.45. The smallest absolute Gasteiger partial charge is 0.265 e. The summed E-state index contributed by atoms with van der Waals surface area (Å²) in [5.74, 6) is 5.23. The summed E-state index contributed by atoms with van der Waals surface area (Å²) in [6.45, 7) is 2.77. The highest BCUT2D eigenvalue weighted by Gasteiger charge is 2.18. The molecule has 0 fully saturated rings. The van der Waals surface area contributed by atoms with E-state index in [9.17, 15) is 4.79 Å². The van der Waals surface area contributed by atoms with Gasteiger partial charge in [-0.1, -0.05) is 25.2 Å². The van der Waals surface area contributed by atoms with Gasteiger partial charge in [-0.2, -0.15) is 0 Å². The van der Waals surface area contributed by atoms with Gasteiger partial charge in [-0.15, -0.1) is 11.3 Å². The number of carbonyl (C=O) groups excluding carboxylic acids is 1. The predicted octanol–water partition coefficient (Wildman–Crippen LogP) is 1.33. The number of rotatable bonds is 6. The van der Waals surface area contributed by atoms with Crippen LogP contribution >= 0.6 is 11.3 Å². The van der Waals surface area contributed by atoms with Crippen molar-refractivity contribution >= 4 is 17.2 Å². The molecule has 0 atom stereocenters. The van der Waals surface area contributed by atoms with Crippen molar-refractivity contribution in [3.8, 4) is 11.8 Å². The fraction of sp³-hybridized carbons (Fsp3) is 0.500. The molecule has 0 aliphatic heterocycles. The van der Waals surface area contributed by atoms with E-state index in [1.807, 2.05) is 5.38 Å². The highest BCUT2D eigenvalue weighted by Crippen LogP contribution is 2.18. The Bertz CT molecular complexity index is 459. The lowest BCUT2D eigenvalue weighted by atomic mass is 10.2. The zero-order valence-electron chi connectivity index (χ0n) is 11.1. The maximum Gasteiger partial charge on any atom is 0.265 e. The molecular weight excluding hydrogens is 262 g/mol. The highest BCUT2D eigenvalue weighted by molar-refractivity contribution is 7.12. The van der Waals surface area contributed by atoms with Crippen molar-refractivity contribution in [2.75, 3.05) is 26.3 Å². The maximum absolute atomic E-state index is 12.4. The summed E-state index contributed by atoms with van der Waals surface area (Å²) in [5.41, 5.74) is 0.642. The van der Waals surface area contributed by atoms with Gasteiger partial charge in [0.15, 0.2) is 0 Å². The van der Waals surface area contributed by atoms with Crippen molar-refractivity contribution < 1.29 is 15.0 Å². The average Bonchev–Trinajstić information content (AvgIpc) is 2.88. The molecule has 0 saturated heterocycles. The van der Waals surface area contributed by atoms with Gasteiger partial charge in [0.05, 0.1) is 6.61 Å². The third-order valence-electron chi connectivity index (χ3n) is 2.60. The predicted molar refractivity (Wildman–Crippen MR) is 76.2 cm³/mol. The Morgan fingerprint density at radius 2 is 2.21 bits per heavy atom. The van der Waals surface area contributed by atoms with Gasteiger partial charge in [0.2, 0.25) is 0 Å². The summed E-state index contributed by atoms with van der Waals surface area (Å²) in [6, 6.07) is 1.78. The molecule has 0 radical (unpaired) electrons. The number of thiophene rings is 1. The average molecular weight is 281 g/mol. The monoisotopic (exact) mass is 281 g/mol. The molecule has 4 nitrogen and oxygen atoms in total. The van der Waals surface area contributed by atoms with Crippen LogP contribution in [0.25, 0.3) is 0 Å². The van der Waals surface area contributed by atoms with Crippen LogP contribution < -0.4 is 0 Å². The first-order valence-corrected chi connectivity index (χ1v) is 7.19. The zero-order valence-corrected chi connectivity index (χ0v) is 11.9. The molecule has 0 unspecified atom stereocenters. The highest BCUT2D eigenvalue weighted by atomic mass is 32.1. The van der Waals surface area contributed by atoms with E-state index < -0.39 is 0 Å². The molecule has 0 saturated carbocycles. The fourth-order valence-electron chi connectivity index (χ4n) is 1.64. The summed E-state index contributed by atoms with van der Waals surface area (Å²) in [7, 11) is 0. The van der Waals surface area contributed by atoms with Crippen LogP contribution in [0.2, 0.25) is 0 Å². The maximum atomic E-state index is 12.4. The molecule has 0 aliphatic carbocycles. The number of hydrogen-bond acceptors (Lipinski definition) is 4. The van der Waals surface area contributed by atoms with E-state index in [1.54, 1.807) is 11.0 Å². The molecular formula is C14H19NO3S. The molecule has 5 heteroatoms. The molecule has 1 aromatic rings. The molecule has 19 heavy (non-hydrogen) atoms. The lowest BCUT2D eigenvalue weighted by Crippen LogP contribution is -2.34. The molecule has 2 N–H and O–H groups in total. The summed E-state index contributed by atoms with van der Waals surface area (Å²) < 4.78 is 0. The van der Waals surface area contributed by atoms with E-state index in [-0.39, 0.29) is 19.1 Å². The summed E-state index contributed by atoms with van der Waals surface area (Å²) in [5, 5.41) is 19.6. The van der Waals surface area contributed by atoms with E-state index in [1.165, 1.54) is 11.3 Å². The van der Waals surface area contributed by atoms with E-state index in [4.69, 9.17) is 10.2 Å². The minimum absolute atomic E-state index is 0.0432. The number of aliphatic hydroxyl groups excluding tert-OH is 2. The van der Waals surface area contributed by atoms with Gasteiger partial charge >= 0.3 is 0 Å². The Labute approximate surface area is 117 Å². The molecule has 0 aromatic carbocycles. The molecule has 0 aliphatic rings. The van der Waals surface area contributed by atoms with Crippen LogP contribution in [0.3, 0.4) is 0 Å². The molecule has 104 valence electrons. The Balaban J connectivity index is 2.86. The SMILES string of the molecule is CCCCN(CCO)C(=O)c1sccc1C#CCO. The van der Waals surface area contributed by atoms with Crippen molar-refractivity contribution in [3.63, 3.8) is 0 Å². The molecule has 0 spiro atoms. The number of unbranched alkanes of at least 4 members (excludes halogenated alkanes) is 1. The van der Waals surface area contributed by atoms with Crippen LogP contribution in [0.1, 0.15) is 35.0 Å². The summed E-state index contributed by atoms with van der Waals surface area (Å²) >= 11 is 1.34. The standard InChI is InChI=1S/C14H19NO3S/c1-2-3-7-15(8-10-17)14(18)13-12(5-4-9-16)6-11-19-13/h6,11,16-17H,2-3,7-10H2,1H3. The van der Waals surface area contributed by atoms with Crippen LogP contribution in [-0.2, 0) is 0 Å². The number of nitrogens with zero attached hydrogens (tertiary/aromatic N) is 1. The van der Waals surface area contributed by atoms with Gasteiger partial charge in [0.1, 0.15) is 11.5 Å². The van der Waals surface area contributed by atoms with Gasteiger partial charge in [-0.05, 0) is 17.9 Å². The second kappa shape index (κ2) is 8.70. The van der Waals surface area contributed by atoms with Gasteiger partial charge < -0.3 is 15.1 Å². The Kier molecular flexibility index (Phi) is 7.19.